The molecule has 0 radical (unpaired) electrons. The number of hydrogen-bond acceptors (Lipinski definition) is 2. The van der Waals surface area contributed by atoms with Gasteiger partial charge in [0.1, 0.15) is 11.9 Å². The summed E-state index contributed by atoms with van der Waals surface area (Å²) in [6, 6.07) is 5.64. The van der Waals surface area contributed by atoms with Gasteiger partial charge in [0, 0.05) is 0 Å². The molecule has 78 valence electrons. The topological polar surface area (TPSA) is 40.5 Å². The highest BCUT2D eigenvalue weighted by Gasteiger charge is 2.29. The summed E-state index contributed by atoms with van der Waals surface area (Å²) in [4.78, 5) is 0. The Hall–Kier alpha value is -0.930. The Balaban J connectivity index is 2.94. The van der Waals surface area contributed by atoms with Crippen LogP contribution in [-0.2, 0) is 0 Å². The fraction of sp³-hybridized carbons (Fsp3) is 0.455. The van der Waals surface area contributed by atoms with Crippen LogP contribution in [0.2, 0.25) is 0 Å². The van der Waals surface area contributed by atoms with Crippen LogP contribution in [0.15, 0.2) is 24.3 Å². The molecule has 1 rings (SSSR count). The average Bonchev–Trinajstić information content (AvgIpc) is 2.16. The summed E-state index contributed by atoms with van der Waals surface area (Å²) in [5.41, 5.74) is -0.815. The maximum Gasteiger partial charge on any atom is 0.123 e. The van der Waals surface area contributed by atoms with E-state index in [1.165, 1.54) is 25.1 Å². The van der Waals surface area contributed by atoms with Gasteiger partial charge in [0.05, 0.1) is 5.60 Å². The van der Waals surface area contributed by atoms with Gasteiger partial charge in [0.15, 0.2) is 0 Å². The SMILES string of the molecule is CCC(C)(O)C(O)c1cccc(F)c1. The van der Waals surface area contributed by atoms with Crippen LogP contribution in [-0.4, -0.2) is 15.8 Å². The Kier molecular flexibility index (Phi) is 3.24. The van der Waals surface area contributed by atoms with E-state index >= 15 is 0 Å². The van der Waals surface area contributed by atoms with Gasteiger partial charge >= 0.3 is 0 Å². The van der Waals surface area contributed by atoms with Crippen molar-refractivity contribution in [2.24, 2.45) is 0 Å². The van der Waals surface area contributed by atoms with Gasteiger partial charge in [-0.2, -0.15) is 0 Å². The molecule has 0 amide bonds. The van der Waals surface area contributed by atoms with E-state index < -0.39 is 17.5 Å². The molecule has 0 fully saturated rings. The molecule has 2 N–H and O–H groups in total. The first kappa shape index (κ1) is 11.1. The van der Waals surface area contributed by atoms with E-state index in [0.29, 0.717) is 12.0 Å². The van der Waals surface area contributed by atoms with Crippen molar-refractivity contribution in [1.82, 2.24) is 0 Å². The van der Waals surface area contributed by atoms with Crippen LogP contribution in [0.1, 0.15) is 31.9 Å². The minimum Gasteiger partial charge on any atom is -0.387 e. The van der Waals surface area contributed by atoms with Gasteiger partial charge in [-0.05, 0) is 31.0 Å². The second-order valence-electron chi connectivity index (χ2n) is 3.67. The lowest BCUT2D eigenvalue weighted by Crippen LogP contribution is -2.31. The molecule has 0 spiro atoms. The third-order valence-corrected chi connectivity index (χ3v) is 2.47. The van der Waals surface area contributed by atoms with Gasteiger partial charge in [-0.1, -0.05) is 19.1 Å². The van der Waals surface area contributed by atoms with Gasteiger partial charge in [0.25, 0.3) is 0 Å². The number of rotatable bonds is 3. The minimum absolute atomic E-state index is 0.400. The van der Waals surface area contributed by atoms with Crippen molar-refractivity contribution in [3.8, 4) is 0 Å². The maximum atomic E-state index is 12.8. The van der Waals surface area contributed by atoms with Gasteiger partial charge in [-0.15, -0.1) is 0 Å². The first-order valence-electron chi connectivity index (χ1n) is 4.63. The molecule has 2 nitrogen and oxygen atoms in total. The first-order valence-corrected chi connectivity index (χ1v) is 4.63. The summed E-state index contributed by atoms with van der Waals surface area (Å²) in [5, 5.41) is 19.5. The zero-order valence-electron chi connectivity index (χ0n) is 8.37. The molecule has 2 unspecified atom stereocenters. The average molecular weight is 198 g/mol. The van der Waals surface area contributed by atoms with Crippen molar-refractivity contribution in [3.05, 3.63) is 35.6 Å². The summed E-state index contributed by atoms with van der Waals surface area (Å²) in [6.07, 6.45) is -0.645. The smallest absolute Gasteiger partial charge is 0.123 e. The standard InChI is InChI=1S/C11H15FO2/c1-3-11(2,14)10(13)8-5-4-6-9(12)7-8/h4-7,10,13-14H,3H2,1-2H3. The van der Waals surface area contributed by atoms with E-state index in [1.54, 1.807) is 13.0 Å². The first-order chi connectivity index (χ1) is 6.47. The van der Waals surface area contributed by atoms with Crippen molar-refractivity contribution < 1.29 is 14.6 Å². The van der Waals surface area contributed by atoms with Crippen molar-refractivity contribution in [2.45, 2.75) is 32.0 Å². The molecule has 0 heterocycles. The lowest BCUT2D eigenvalue weighted by molar-refractivity contribution is -0.0659. The normalized spacial score (nSPS) is 17.5. The summed E-state index contributed by atoms with van der Waals surface area (Å²) in [7, 11) is 0. The molecule has 14 heavy (non-hydrogen) atoms. The van der Waals surface area contributed by atoms with Crippen molar-refractivity contribution in [2.75, 3.05) is 0 Å². The molecule has 0 bridgehead atoms. The largest absolute Gasteiger partial charge is 0.387 e. The fourth-order valence-electron chi connectivity index (χ4n) is 1.23. The Labute approximate surface area is 83.0 Å². The summed E-state index contributed by atoms with van der Waals surface area (Å²) >= 11 is 0. The molecular weight excluding hydrogens is 183 g/mol. The van der Waals surface area contributed by atoms with Crippen molar-refractivity contribution in [3.63, 3.8) is 0 Å². The molecule has 0 aliphatic carbocycles. The highest BCUT2D eigenvalue weighted by Crippen LogP contribution is 2.28. The quantitative estimate of drug-likeness (QED) is 0.780. The molecule has 0 aliphatic heterocycles. The molecule has 2 atom stereocenters. The molecule has 0 aromatic heterocycles. The predicted molar refractivity (Wildman–Crippen MR) is 52.3 cm³/mol. The van der Waals surface area contributed by atoms with Crippen LogP contribution in [0.25, 0.3) is 0 Å². The van der Waals surface area contributed by atoms with E-state index in [1.807, 2.05) is 0 Å². The molecule has 1 aromatic rings. The Morgan fingerprint density at radius 1 is 1.50 bits per heavy atom. The Morgan fingerprint density at radius 2 is 2.14 bits per heavy atom. The van der Waals surface area contributed by atoms with Crippen molar-refractivity contribution in [1.29, 1.82) is 0 Å². The third-order valence-electron chi connectivity index (χ3n) is 2.47. The lowest BCUT2D eigenvalue weighted by atomic mass is 9.91. The van der Waals surface area contributed by atoms with Gasteiger partial charge in [0.2, 0.25) is 0 Å². The molecule has 0 saturated carbocycles. The van der Waals surface area contributed by atoms with Crippen molar-refractivity contribution >= 4 is 0 Å². The van der Waals surface area contributed by atoms with E-state index in [9.17, 15) is 14.6 Å². The Bertz CT molecular complexity index is 310. The lowest BCUT2D eigenvalue weighted by Gasteiger charge is -2.27. The molecule has 3 heteroatoms. The minimum atomic E-state index is -1.21. The van der Waals surface area contributed by atoms with E-state index in [0.717, 1.165) is 0 Å². The molecule has 0 aliphatic rings. The predicted octanol–water partition coefficient (Wildman–Crippen LogP) is 2.02. The summed E-state index contributed by atoms with van der Waals surface area (Å²) in [6.45, 7) is 3.30. The fourth-order valence-corrected chi connectivity index (χ4v) is 1.23. The Morgan fingerprint density at radius 3 is 2.64 bits per heavy atom. The summed E-state index contributed by atoms with van der Waals surface area (Å²) in [5.74, 6) is -0.409. The number of halogens is 1. The number of aliphatic hydroxyl groups is 2. The van der Waals surface area contributed by atoms with Crippen LogP contribution in [0, 0.1) is 5.82 Å². The van der Waals surface area contributed by atoms with E-state index in [2.05, 4.69) is 0 Å². The zero-order valence-corrected chi connectivity index (χ0v) is 8.37. The van der Waals surface area contributed by atoms with Crippen LogP contribution < -0.4 is 0 Å². The molecule has 0 saturated heterocycles. The van der Waals surface area contributed by atoms with E-state index in [-0.39, 0.29) is 0 Å². The monoisotopic (exact) mass is 198 g/mol. The van der Waals surface area contributed by atoms with Crippen LogP contribution in [0.4, 0.5) is 4.39 Å². The highest BCUT2D eigenvalue weighted by atomic mass is 19.1. The van der Waals surface area contributed by atoms with Crippen LogP contribution in [0.5, 0.6) is 0 Å². The highest BCUT2D eigenvalue weighted by molar-refractivity contribution is 5.21. The maximum absolute atomic E-state index is 12.8. The van der Waals surface area contributed by atoms with Crippen LogP contribution in [0.3, 0.4) is 0 Å². The zero-order chi connectivity index (χ0) is 10.8. The number of hydrogen-bond donors (Lipinski definition) is 2. The number of benzene rings is 1. The third kappa shape index (κ3) is 2.30. The van der Waals surface area contributed by atoms with Crippen LogP contribution >= 0.6 is 0 Å². The number of aliphatic hydroxyl groups excluding tert-OH is 1. The summed E-state index contributed by atoms with van der Waals surface area (Å²) < 4.78 is 12.8. The second kappa shape index (κ2) is 4.07. The molecular formula is C11H15FO2. The molecule has 1 aromatic carbocycles. The van der Waals surface area contributed by atoms with Gasteiger partial charge in [-0.3, -0.25) is 0 Å². The second-order valence-corrected chi connectivity index (χ2v) is 3.67. The van der Waals surface area contributed by atoms with E-state index in [4.69, 9.17) is 0 Å². The van der Waals surface area contributed by atoms with Gasteiger partial charge < -0.3 is 10.2 Å². The van der Waals surface area contributed by atoms with Gasteiger partial charge in [-0.25, -0.2) is 4.39 Å².